The molecule has 2 bridgehead atoms. The molecule has 0 radical (unpaired) electrons. The highest BCUT2D eigenvalue weighted by Gasteiger charge is 2.58. The van der Waals surface area contributed by atoms with Gasteiger partial charge in [-0.2, -0.15) is 5.10 Å². The highest BCUT2D eigenvalue weighted by atomic mass is 19.3. The molecule has 3 N–H and O–H groups in total. The smallest absolute Gasteiger partial charge is 0.408 e. The van der Waals surface area contributed by atoms with Crippen LogP contribution in [0.15, 0.2) is 24.5 Å². The van der Waals surface area contributed by atoms with Gasteiger partial charge >= 0.3 is 6.09 Å². The molecule has 5 fully saturated rings. The van der Waals surface area contributed by atoms with Crippen molar-refractivity contribution < 1.29 is 27.4 Å². The molecule has 11 nitrogen and oxygen atoms in total. The van der Waals surface area contributed by atoms with Crippen molar-refractivity contribution in [1.29, 1.82) is 0 Å². The molecule has 3 saturated carbocycles. The number of ether oxygens (including phenoxy) is 2. The number of amides is 1. The number of nitrogens with one attached hydrogen (secondary N) is 3. The first-order valence-corrected chi connectivity index (χ1v) is 12.2. The Labute approximate surface area is 208 Å². The summed E-state index contributed by atoms with van der Waals surface area (Å²) in [5, 5.41) is 12.9. The zero-order chi connectivity index (χ0) is 25.4. The van der Waals surface area contributed by atoms with Crippen LogP contribution in [0.4, 0.5) is 29.7 Å². The monoisotopic (exact) mass is 518 g/mol. The number of fused-ring (bicyclic) bond motifs is 1. The summed E-state index contributed by atoms with van der Waals surface area (Å²) in [5.41, 5.74) is 1.47. The van der Waals surface area contributed by atoms with Gasteiger partial charge in [-0.25, -0.2) is 27.9 Å². The summed E-state index contributed by atoms with van der Waals surface area (Å²) in [4.78, 5) is 22.6. The predicted octanol–water partition coefficient (Wildman–Crippen LogP) is 2.70. The zero-order valence-electron chi connectivity index (χ0n) is 19.7. The van der Waals surface area contributed by atoms with Gasteiger partial charge in [-0.05, 0) is 31.2 Å². The first-order chi connectivity index (χ1) is 17.7. The normalized spacial score (nSPS) is 31.9. The third-order valence-electron chi connectivity index (χ3n) is 7.62. The lowest BCUT2D eigenvalue weighted by molar-refractivity contribution is -0.134. The van der Waals surface area contributed by atoms with E-state index in [1.807, 2.05) is 0 Å². The first-order valence-electron chi connectivity index (χ1n) is 12.2. The van der Waals surface area contributed by atoms with Crippen LogP contribution >= 0.6 is 0 Å². The van der Waals surface area contributed by atoms with Crippen LogP contribution in [0, 0.1) is 5.92 Å². The number of halogens is 3. The van der Waals surface area contributed by atoms with Crippen molar-refractivity contribution in [2.45, 2.75) is 55.6 Å². The number of likely N-dealkylation sites (tertiary alicyclic amines) is 1. The third-order valence-corrected chi connectivity index (χ3v) is 7.62. The molecule has 0 aromatic carbocycles. The summed E-state index contributed by atoms with van der Waals surface area (Å²) in [5.74, 6) is -1.16. The van der Waals surface area contributed by atoms with Crippen molar-refractivity contribution in [2.75, 3.05) is 25.0 Å². The van der Waals surface area contributed by atoms with Gasteiger partial charge in [0.25, 0.3) is 5.92 Å². The molecule has 2 aliphatic heterocycles. The SMILES string of the molecule is O=C(NC12CC(C1)C2)O[C@@H]1CO[C@H](c2cc(Nc3nccc4nc(CN5CC(F)(F)C5)cn34)n[nH]2)[C@@H]1F. The maximum absolute atomic E-state index is 15.1. The van der Waals surface area contributed by atoms with E-state index in [9.17, 15) is 13.6 Å². The fourth-order valence-corrected chi connectivity index (χ4v) is 5.70. The number of hydrogen-bond acceptors (Lipinski definition) is 8. The molecule has 0 unspecified atom stereocenters. The number of alkyl halides is 3. The zero-order valence-corrected chi connectivity index (χ0v) is 19.7. The van der Waals surface area contributed by atoms with E-state index in [0.29, 0.717) is 41.3 Å². The van der Waals surface area contributed by atoms with E-state index >= 15 is 4.39 Å². The van der Waals surface area contributed by atoms with Crippen LogP contribution in [0.2, 0.25) is 0 Å². The lowest BCUT2D eigenvalue weighted by atomic mass is 9.50. The molecule has 0 spiro atoms. The summed E-state index contributed by atoms with van der Waals surface area (Å²) >= 11 is 0. The lowest BCUT2D eigenvalue weighted by Crippen LogP contribution is -2.68. The number of aromatic amines is 1. The Hall–Kier alpha value is -3.39. The average molecular weight is 519 g/mol. The number of H-pyrrole nitrogens is 1. The maximum Gasteiger partial charge on any atom is 0.408 e. The van der Waals surface area contributed by atoms with Gasteiger partial charge < -0.3 is 20.1 Å². The Morgan fingerprint density at radius 1 is 1.30 bits per heavy atom. The summed E-state index contributed by atoms with van der Waals surface area (Å²) in [6.07, 6.45) is 2.06. The summed E-state index contributed by atoms with van der Waals surface area (Å²) in [6, 6.07) is 3.31. The largest absolute Gasteiger partial charge is 0.441 e. The van der Waals surface area contributed by atoms with E-state index in [-0.39, 0.29) is 25.2 Å². The minimum atomic E-state index is -2.64. The summed E-state index contributed by atoms with van der Waals surface area (Å²) in [7, 11) is 0. The van der Waals surface area contributed by atoms with Crippen LogP contribution in [0.3, 0.4) is 0 Å². The lowest BCUT2D eigenvalue weighted by Gasteiger charge is -2.61. The van der Waals surface area contributed by atoms with E-state index in [1.165, 1.54) is 0 Å². The van der Waals surface area contributed by atoms with Crippen LogP contribution in [-0.2, 0) is 16.0 Å². The van der Waals surface area contributed by atoms with Gasteiger partial charge in [0.2, 0.25) is 5.95 Å². The second-order valence-corrected chi connectivity index (χ2v) is 10.6. The van der Waals surface area contributed by atoms with Crippen LogP contribution in [-0.4, -0.2) is 79.0 Å². The number of alkyl carbamates (subject to hydrolysis) is 1. The fraction of sp³-hybridized carbons (Fsp3) is 0.565. The van der Waals surface area contributed by atoms with Gasteiger partial charge in [0.1, 0.15) is 11.8 Å². The quantitative estimate of drug-likeness (QED) is 0.437. The van der Waals surface area contributed by atoms with Crippen molar-refractivity contribution in [3.8, 4) is 0 Å². The van der Waals surface area contributed by atoms with Crippen LogP contribution < -0.4 is 10.6 Å². The van der Waals surface area contributed by atoms with Crippen LogP contribution in [0.1, 0.15) is 36.8 Å². The van der Waals surface area contributed by atoms with E-state index in [2.05, 4.69) is 30.8 Å². The Kier molecular flexibility index (Phi) is 4.96. The standard InChI is InChI=1S/C23H25F3N8O3/c24-18-15(37-21(35)30-22-4-12(5-22)6-22)9-36-19(18)14-3-16(32-31-14)29-20-27-2-1-17-28-13(8-34(17)20)7-33-10-23(25,26)11-33/h1-3,8,12,15,18-19H,4-7,9-11H2,(H,30,35)(H2,27,29,31,32)/t12?,15-,18-,19-,22?/m1/s1. The number of nitrogens with zero attached hydrogens (tertiary/aromatic N) is 5. The van der Waals surface area contributed by atoms with Gasteiger partial charge in [0.15, 0.2) is 18.1 Å². The number of hydrogen-bond donors (Lipinski definition) is 3. The molecule has 37 heavy (non-hydrogen) atoms. The first kappa shape index (κ1) is 22.8. The molecule has 5 heterocycles. The van der Waals surface area contributed by atoms with Crippen LogP contribution in [0.25, 0.3) is 5.65 Å². The van der Waals surface area contributed by atoms with Gasteiger partial charge in [-0.3, -0.25) is 14.4 Å². The van der Waals surface area contributed by atoms with Gasteiger partial charge in [-0.1, -0.05) is 0 Å². The summed E-state index contributed by atoms with van der Waals surface area (Å²) in [6.45, 7) is -0.311. The van der Waals surface area contributed by atoms with E-state index in [0.717, 1.165) is 19.3 Å². The van der Waals surface area contributed by atoms with Crippen molar-refractivity contribution >= 4 is 23.5 Å². The van der Waals surface area contributed by atoms with Crippen LogP contribution in [0.5, 0.6) is 0 Å². The molecular weight excluding hydrogens is 493 g/mol. The molecule has 2 saturated heterocycles. The third kappa shape index (κ3) is 4.07. The fourth-order valence-electron chi connectivity index (χ4n) is 5.70. The minimum Gasteiger partial charge on any atom is -0.441 e. The molecule has 3 aliphatic carbocycles. The number of carbonyl (C=O) groups is 1. The minimum absolute atomic E-state index is 0.0573. The molecule has 5 aliphatic rings. The molecule has 14 heteroatoms. The maximum atomic E-state index is 15.1. The number of anilines is 2. The van der Waals surface area contributed by atoms with E-state index in [4.69, 9.17) is 9.47 Å². The molecule has 8 rings (SSSR count). The number of aromatic nitrogens is 5. The number of imidazole rings is 1. The Morgan fingerprint density at radius 3 is 2.84 bits per heavy atom. The second kappa shape index (κ2) is 8.05. The average Bonchev–Trinajstić information content (AvgIpc) is 3.48. The van der Waals surface area contributed by atoms with Crippen molar-refractivity contribution in [3.63, 3.8) is 0 Å². The Morgan fingerprint density at radius 2 is 2.11 bits per heavy atom. The van der Waals surface area contributed by atoms with Gasteiger partial charge in [-0.15, -0.1) is 0 Å². The van der Waals surface area contributed by atoms with Gasteiger partial charge in [0, 0.05) is 30.5 Å². The highest BCUT2D eigenvalue weighted by molar-refractivity contribution is 5.69. The molecule has 3 aromatic heterocycles. The second-order valence-electron chi connectivity index (χ2n) is 10.6. The Balaban J connectivity index is 0.992. The van der Waals surface area contributed by atoms with E-state index < -0.39 is 30.4 Å². The van der Waals surface area contributed by atoms with Crippen molar-refractivity contribution in [3.05, 3.63) is 35.9 Å². The van der Waals surface area contributed by atoms with Crippen molar-refractivity contribution in [1.82, 2.24) is 34.8 Å². The molecule has 3 atom stereocenters. The molecule has 3 aromatic rings. The molecule has 196 valence electrons. The number of carbonyl (C=O) groups excluding carboxylic acids is 1. The molecule has 1 amide bonds. The topological polar surface area (TPSA) is 122 Å². The predicted molar refractivity (Wildman–Crippen MR) is 122 cm³/mol. The van der Waals surface area contributed by atoms with E-state index in [1.54, 1.807) is 33.8 Å². The number of rotatable bonds is 7. The highest BCUT2D eigenvalue weighted by Crippen LogP contribution is 2.57. The van der Waals surface area contributed by atoms with Gasteiger partial charge in [0.05, 0.1) is 31.1 Å². The van der Waals surface area contributed by atoms with Crippen molar-refractivity contribution in [2.24, 2.45) is 5.92 Å². The summed E-state index contributed by atoms with van der Waals surface area (Å²) < 4.78 is 54.0. The Bertz CT molecular complexity index is 1340. The molecular formula is C23H25F3N8O3.